The number of carbonyl (C=O) groups is 2. The van der Waals surface area contributed by atoms with Crippen LogP contribution in [-0.4, -0.2) is 47.4 Å². The Hall–Kier alpha value is -1.66. The van der Waals surface area contributed by atoms with Gasteiger partial charge in [-0.2, -0.15) is 0 Å². The van der Waals surface area contributed by atoms with Crippen LogP contribution in [0, 0.1) is 0 Å². The smallest absolute Gasteiger partial charge is 0.305 e. The molecule has 0 rings (SSSR count). The molecule has 0 spiro atoms. The van der Waals surface area contributed by atoms with Gasteiger partial charge in [-0.15, -0.1) is 0 Å². The summed E-state index contributed by atoms with van der Waals surface area (Å²) in [7, 11) is 0. The minimum absolute atomic E-state index is 0.00141. The van der Waals surface area contributed by atoms with E-state index in [0.29, 0.717) is 25.9 Å². The molecule has 0 saturated carbocycles. The lowest BCUT2D eigenvalue weighted by Crippen LogP contribution is -2.45. The number of allylic oxidation sites excluding steroid dienone is 4. The summed E-state index contributed by atoms with van der Waals surface area (Å²) in [6.45, 7) is 4.90. The van der Waals surface area contributed by atoms with Crippen LogP contribution in [-0.2, 0) is 14.3 Å². The molecule has 62 heavy (non-hydrogen) atoms. The fraction of sp³-hybridized carbons (Fsp3) is 0.893. The van der Waals surface area contributed by atoms with Gasteiger partial charge in [-0.05, 0) is 57.8 Å². The zero-order valence-corrected chi connectivity index (χ0v) is 41.6. The first kappa shape index (κ1) is 60.3. The minimum Gasteiger partial charge on any atom is -0.466 e. The third-order valence-electron chi connectivity index (χ3n) is 12.8. The normalized spacial score (nSPS) is 12.8. The summed E-state index contributed by atoms with van der Waals surface area (Å²) >= 11 is 0. The highest BCUT2D eigenvalue weighted by molar-refractivity contribution is 5.76. The van der Waals surface area contributed by atoms with Crippen molar-refractivity contribution >= 4 is 11.9 Å². The summed E-state index contributed by atoms with van der Waals surface area (Å²) in [6, 6.07) is -0.543. The molecule has 6 nitrogen and oxygen atoms in total. The summed E-state index contributed by atoms with van der Waals surface area (Å²) < 4.78 is 5.48. The predicted molar refractivity (Wildman–Crippen MR) is 269 cm³/mol. The van der Waals surface area contributed by atoms with Gasteiger partial charge in [0, 0.05) is 12.8 Å². The fourth-order valence-corrected chi connectivity index (χ4v) is 8.49. The fourth-order valence-electron chi connectivity index (χ4n) is 8.49. The van der Waals surface area contributed by atoms with Crippen LogP contribution in [0.3, 0.4) is 0 Å². The lowest BCUT2D eigenvalue weighted by Gasteiger charge is -2.22. The van der Waals surface area contributed by atoms with Gasteiger partial charge in [0.1, 0.15) is 0 Å². The van der Waals surface area contributed by atoms with E-state index >= 15 is 0 Å². The molecule has 0 saturated heterocycles. The third-order valence-corrected chi connectivity index (χ3v) is 12.8. The van der Waals surface area contributed by atoms with Crippen LogP contribution in [0.4, 0.5) is 0 Å². The van der Waals surface area contributed by atoms with Gasteiger partial charge in [-0.3, -0.25) is 9.59 Å². The number of carbonyl (C=O) groups excluding carboxylic acids is 2. The largest absolute Gasteiger partial charge is 0.466 e. The number of unbranched alkanes of at least 4 members (excludes halogenated alkanes) is 36. The number of esters is 1. The molecule has 0 aromatic rings. The highest BCUT2D eigenvalue weighted by Gasteiger charge is 2.20. The molecule has 0 aliphatic carbocycles. The number of nitrogens with one attached hydrogen (secondary N) is 1. The Morgan fingerprint density at radius 2 is 0.806 bits per heavy atom. The molecule has 2 atom stereocenters. The van der Waals surface area contributed by atoms with Gasteiger partial charge in [0.15, 0.2) is 0 Å². The van der Waals surface area contributed by atoms with Crippen molar-refractivity contribution in [3.05, 3.63) is 24.3 Å². The standard InChI is InChI=1S/C56H107NO5/c1-3-5-7-9-11-13-14-15-16-17-18-21-24-27-30-34-38-42-46-50-56(61)62-51-47-43-39-35-31-28-25-22-19-20-23-26-29-33-37-41-45-49-55(60)57-53(52-58)54(59)48-44-40-36-32-12-10-8-6-4-2/h11,13,15-16,53-54,58-59H,3-10,12,14,17-52H2,1-2H3,(H,57,60)/b13-11-,16-15-. The van der Waals surface area contributed by atoms with Gasteiger partial charge in [-0.1, -0.05) is 250 Å². The number of rotatable bonds is 51. The molecule has 0 aliphatic heterocycles. The van der Waals surface area contributed by atoms with E-state index in [1.807, 2.05) is 0 Å². The second kappa shape index (κ2) is 52.0. The molecule has 0 bridgehead atoms. The molecule has 0 heterocycles. The average Bonchev–Trinajstić information content (AvgIpc) is 3.27. The Labute approximate surface area is 386 Å². The third kappa shape index (κ3) is 47.8. The van der Waals surface area contributed by atoms with Crippen LogP contribution < -0.4 is 5.32 Å². The summed E-state index contributed by atoms with van der Waals surface area (Å²) in [5.41, 5.74) is 0. The van der Waals surface area contributed by atoms with Gasteiger partial charge < -0.3 is 20.3 Å². The van der Waals surface area contributed by atoms with Crippen LogP contribution in [0.15, 0.2) is 24.3 Å². The highest BCUT2D eigenvalue weighted by Crippen LogP contribution is 2.17. The second-order valence-corrected chi connectivity index (χ2v) is 18.9. The molecule has 3 N–H and O–H groups in total. The molecule has 0 aromatic carbocycles. The van der Waals surface area contributed by atoms with Crippen LogP contribution in [0.5, 0.6) is 0 Å². The van der Waals surface area contributed by atoms with Gasteiger partial charge in [0.25, 0.3) is 0 Å². The quantitative estimate of drug-likeness (QED) is 0.0321. The molecule has 2 unspecified atom stereocenters. The van der Waals surface area contributed by atoms with Crippen molar-refractivity contribution in [2.75, 3.05) is 13.2 Å². The van der Waals surface area contributed by atoms with E-state index in [1.165, 1.54) is 212 Å². The molecular weight excluding hydrogens is 767 g/mol. The second-order valence-electron chi connectivity index (χ2n) is 18.9. The summed E-state index contributed by atoms with van der Waals surface area (Å²) in [4.78, 5) is 24.5. The lowest BCUT2D eigenvalue weighted by atomic mass is 10.0. The Morgan fingerprint density at radius 3 is 1.26 bits per heavy atom. The number of hydrogen-bond donors (Lipinski definition) is 3. The molecule has 0 aromatic heterocycles. The van der Waals surface area contributed by atoms with E-state index in [2.05, 4.69) is 43.5 Å². The number of aliphatic hydroxyl groups excluding tert-OH is 2. The first-order chi connectivity index (χ1) is 30.5. The summed E-state index contributed by atoms with van der Waals surface area (Å²) in [6.07, 6.45) is 61.7. The molecule has 0 fully saturated rings. The molecule has 6 heteroatoms. The lowest BCUT2D eigenvalue weighted by molar-refractivity contribution is -0.143. The van der Waals surface area contributed by atoms with Gasteiger partial charge in [-0.25, -0.2) is 0 Å². The first-order valence-corrected chi connectivity index (χ1v) is 27.6. The summed E-state index contributed by atoms with van der Waals surface area (Å²) in [5.74, 6) is -0.0412. The predicted octanol–water partition coefficient (Wildman–Crippen LogP) is 16.7. The first-order valence-electron chi connectivity index (χ1n) is 27.6. The number of hydrogen-bond acceptors (Lipinski definition) is 5. The van der Waals surface area contributed by atoms with E-state index in [-0.39, 0.29) is 18.5 Å². The van der Waals surface area contributed by atoms with Crippen molar-refractivity contribution in [3.63, 3.8) is 0 Å². The topological polar surface area (TPSA) is 95.9 Å². The van der Waals surface area contributed by atoms with E-state index in [1.54, 1.807) is 0 Å². The number of aliphatic hydroxyl groups is 2. The van der Waals surface area contributed by atoms with E-state index in [9.17, 15) is 19.8 Å². The SMILES string of the molecule is CCCCC/C=C\C/C=C\CCCCCCCCCCCC(=O)OCCCCCCCCCCCCCCCCCCCC(=O)NC(CO)C(O)CCCCCCCCCCC. The van der Waals surface area contributed by atoms with Crippen molar-refractivity contribution in [1.82, 2.24) is 5.32 Å². The van der Waals surface area contributed by atoms with Crippen molar-refractivity contribution in [2.45, 2.75) is 309 Å². The summed E-state index contributed by atoms with van der Waals surface area (Å²) in [5, 5.41) is 23.1. The molecule has 1 amide bonds. The van der Waals surface area contributed by atoms with Crippen molar-refractivity contribution in [3.8, 4) is 0 Å². The van der Waals surface area contributed by atoms with Gasteiger partial charge in [0.05, 0.1) is 25.4 Å². The van der Waals surface area contributed by atoms with Gasteiger partial charge >= 0.3 is 5.97 Å². The Bertz CT molecular complexity index is 966. The van der Waals surface area contributed by atoms with Crippen LogP contribution in [0.2, 0.25) is 0 Å². The zero-order valence-electron chi connectivity index (χ0n) is 41.6. The molecule has 366 valence electrons. The number of ether oxygens (including phenoxy) is 1. The Kier molecular flexibility index (Phi) is 50.6. The van der Waals surface area contributed by atoms with Crippen molar-refractivity contribution in [2.24, 2.45) is 0 Å². The molecule has 0 aliphatic rings. The highest BCUT2D eigenvalue weighted by atomic mass is 16.5. The monoisotopic (exact) mass is 874 g/mol. The maximum Gasteiger partial charge on any atom is 0.305 e. The van der Waals surface area contributed by atoms with Crippen LogP contribution in [0.1, 0.15) is 296 Å². The molecule has 0 radical (unpaired) electrons. The van der Waals surface area contributed by atoms with E-state index in [0.717, 1.165) is 51.4 Å². The molecular formula is C56H107NO5. The average molecular weight is 874 g/mol. The Morgan fingerprint density at radius 1 is 0.452 bits per heavy atom. The zero-order chi connectivity index (χ0) is 45.1. The Balaban J connectivity index is 3.37. The maximum absolute atomic E-state index is 12.4. The number of amides is 1. The van der Waals surface area contributed by atoms with Gasteiger partial charge in [0.2, 0.25) is 5.91 Å². The van der Waals surface area contributed by atoms with Crippen molar-refractivity contribution in [1.29, 1.82) is 0 Å². The van der Waals surface area contributed by atoms with Crippen molar-refractivity contribution < 1.29 is 24.5 Å². The minimum atomic E-state index is -0.665. The maximum atomic E-state index is 12.4. The van der Waals surface area contributed by atoms with Crippen LogP contribution in [0.25, 0.3) is 0 Å². The van der Waals surface area contributed by atoms with Crippen LogP contribution >= 0.6 is 0 Å². The van der Waals surface area contributed by atoms with E-state index < -0.39 is 12.1 Å². The van der Waals surface area contributed by atoms with E-state index in [4.69, 9.17) is 4.74 Å².